The van der Waals surface area contributed by atoms with E-state index in [1.165, 1.54) is 19.3 Å². The van der Waals surface area contributed by atoms with Crippen LogP contribution < -0.4 is 5.73 Å². The molecule has 2 aliphatic carbocycles. The SMILES string of the molecule is COCCN(C(=O)CC1(N)CCC1)C(C)C1CC1. The molecule has 1 atom stereocenters. The van der Waals surface area contributed by atoms with Crippen molar-refractivity contribution in [3.8, 4) is 0 Å². The third kappa shape index (κ3) is 3.23. The van der Waals surface area contributed by atoms with E-state index in [-0.39, 0.29) is 11.4 Å². The van der Waals surface area contributed by atoms with Gasteiger partial charge in [0.25, 0.3) is 0 Å². The van der Waals surface area contributed by atoms with Gasteiger partial charge in [-0.2, -0.15) is 0 Å². The standard InChI is InChI=1S/C14H26N2O2/c1-11(12-4-5-12)16(8-9-18-2)13(17)10-14(15)6-3-7-14/h11-12H,3-10,15H2,1-2H3. The van der Waals surface area contributed by atoms with Gasteiger partial charge in [0.15, 0.2) is 0 Å². The molecule has 4 heteroatoms. The summed E-state index contributed by atoms with van der Waals surface area (Å²) in [5, 5.41) is 0. The number of nitrogens with zero attached hydrogens (tertiary/aromatic N) is 1. The van der Waals surface area contributed by atoms with Crippen LogP contribution in [0.25, 0.3) is 0 Å². The first-order valence-electron chi connectivity index (χ1n) is 7.13. The molecule has 0 aromatic heterocycles. The summed E-state index contributed by atoms with van der Waals surface area (Å²) in [5.41, 5.74) is 5.97. The molecule has 0 aromatic rings. The average Bonchev–Trinajstić information content (AvgIpc) is 3.11. The molecule has 2 fully saturated rings. The van der Waals surface area contributed by atoms with Crippen molar-refractivity contribution in [1.82, 2.24) is 4.90 Å². The summed E-state index contributed by atoms with van der Waals surface area (Å²) >= 11 is 0. The van der Waals surface area contributed by atoms with Gasteiger partial charge in [0.05, 0.1) is 6.61 Å². The van der Waals surface area contributed by atoms with E-state index >= 15 is 0 Å². The number of rotatable bonds is 7. The molecule has 18 heavy (non-hydrogen) atoms. The van der Waals surface area contributed by atoms with E-state index < -0.39 is 0 Å². The van der Waals surface area contributed by atoms with Gasteiger partial charge in [-0.25, -0.2) is 0 Å². The Balaban J connectivity index is 1.91. The number of hydrogen-bond acceptors (Lipinski definition) is 3. The predicted octanol–water partition coefficient (Wildman–Crippen LogP) is 1.53. The Morgan fingerprint density at radius 3 is 2.61 bits per heavy atom. The van der Waals surface area contributed by atoms with Gasteiger partial charge in [0.2, 0.25) is 5.91 Å². The minimum absolute atomic E-state index is 0.216. The van der Waals surface area contributed by atoms with E-state index in [9.17, 15) is 4.79 Å². The quantitative estimate of drug-likeness (QED) is 0.749. The van der Waals surface area contributed by atoms with Gasteiger partial charge in [0, 0.05) is 31.7 Å². The Morgan fingerprint density at radius 2 is 2.17 bits per heavy atom. The molecule has 2 saturated carbocycles. The maximum Gasteiger partial charge on any atom is 0.224 e. The molecule has 0 bridgehead atoms. The van der Waals surface area contributed by atoms with Crippen LogP contribution in [0.3, 0.4) is 0 Å². The maximum atomic E-state index is 12.4. The van der Waals surface area contributed by atoms with Gasteiger partial charge < -0.3 is 15.4 Å². The van der Waals surface area contributed by atoms with Crippen LogP contribution >= 0.6 is 0 Å². The third-order valence-electron chi connectivity index (χ3n) is 4.51. The highest BCUT2D eigenvalue weighted by Gasteiger charge is 2.39. The molecular formula is C14H26N2O2. The van der Waals surface area contributed by atoms with Gasteiger partial charge in [-0.3, -0.25) is 4.79 Å². The number of carbonyl (C=O) groups excluding carboxylic acids is 1. The second-order valence-electron chi connectivity index (χ2n) is 6.05. The van der Waals surface area contributed by atoms with Gasteiger partial charge in [0.1, 0.15) is 0 Å². The van der Waals surface area contributed by atoms with Crippen molar-refractivity contribution in [2.24, 2.45) is 11.7 Å². The molecule has 104 valence electrons. The van der Waals surface area contributed by atoms with E-state index in [1.54, 1.807) is 7.11 Å². The van der Waals surface area contributed by atoms with Gasteiger partial charge >= 0.3 is 0 Å². The maximum absolute atomic E-state index is 12.4. The molecular weight excluding hydrogens is 228 g/mol. The Labute approximate surface area is 110 Å². The van der Waals surface area contributed by atoms with E-state index in [1.807, 2.05) is 4.90 Å². The topological polar surface area (TPSA) is 55.6 Å². The molecule has 1 unspecified atom stereocenters. The van der Waals surface area contributed by atoms with Crippen LogP contribution in [0, 0.1) is 5.92 Å². The van der Waals surface area contributed by atoms with Crippen molar-refractivity contribution in [1.29, 1.82) is 0 Å². The molecule has 0 aliphatic heterocycles. The van der Waals surface area contributed by atoms with Crippen molar-refractivity contribution in [2.45, 2.75) is 57.0 Å². The lowest BCUT2D eigenvalue weighted by molar-refractivity contribution is -0.136. The highest BCUT2D eigenvalue weighted by atomic mass is 16.5. The van der Waals surface area contributed by atoms with Crippen LogP contribution in [0.4, 0.5) is 0 Å². The Bertz CT molecular complexity index is 298. The molecule has 4 nitrogen and oxygen atoms in total. The molecule has 0 aromatic carbocycles. The van der Waals surface area contributed by atoms with E-state index in [0.717, 1.165) is 12.8 Å². The summed E-state index contributed by atoms with van der Waals surface area (Å²) in [7, 11) is 1.68. The molecule has 2 rings (SSSR count). The summed E-state index contributed by atoms with van der Waals surface area (Å²) in [6.07, 6.45) is 6.18. The van der Waals surface area contributed by atoms with Crippen LogP contribution in [-0.2, 0) is 9.53 Å². The fourth-order valence-corrected chi connectivity index (χ4v) is 2.79. The zero-order chi connectivity index (χ0) is 13.2. The summed E-state index contributed by atoms with van der Waals surface area (Å²) in [6, 6.07) is 0.344. The molecule has 0 saturated heterocycles. The first-order valence-corrected chi connectivity index (χ1v) is 7.13. The van der Waals surface area contributed by atoms with Crippen molar-refractivity contribution >= 4 is 5.91 Å². The van der Waals surface area contributed by atoms with Crippen LogP contribution in [0.2, 0.25) is 0 Å². The number of ether oxygens (including phenoxy) is 1. The largest absolute Gasteiger partial charge is 0.383 e. The number of nitrogens with two attached hydrogens (primary N) is 1. The predicted molar refractivity (Wildman–Crippen MR) is 71.2 cm³/mol. The minimum atomic E-state index is -0.217. The summed E-state index contributed by atoms with van der Waals surface area (Å²) in [6.45, 7) is 3.47. The van der Waals surface area contributed by atoms with Crippen LogP contribution in [0.1, 0.15) is 45.4 Å². The van der Waals surface area contributed by atoms with Crippen LogP contribution in [-0.4, -0.2) is 42.6 Å². The minimum Gasteiger partial charge on any atom is -0.383 e. The monoisotopic (exact) mass is 254 g/mol. The molecule has 0 spiro atoms. The lowest BCUT2D eigenvalue weighted by atomic mass is 9.75. The molecule has 0 heterocycles. The molecule has 2 N–H and O–H groups in total. The zero-order valence-corrected chi connectivity index (χ0v) is 11.7. The third-order valence-corrected chi connectivity index (χ3v) is 4.51. The van der Waals surface area contributed by atoms with Crippen molar-refractivity contribution in [2.75, 3.05) is 20.3 Å². The average molecular weight is 254 g/mol. The van der Waals surface area contributed by atoms with Crippen molar-refractivity contribution < 1.29 is 9.53 Å². The Kier molecular flexibility index (Phi) is 4.28. The second-order valence-corrected chi connectivity index (χ2v) is 6.05. The van der Waals surface area contributed by atoms with Crippen LogP contribution in [0.5, 0.6) is 0 Å². The van der Waals surface area contributed by atoms with Crippen molar-refractivity contribution in [3.63, 3.8) is 0 Å². The first-order chi connectivity index (χ1) is 8.56. The number of methoxy groups -OCH3 is 1. The van der Waals surface area contributed by atoms with E-state index in [4.69, 9.17) is 10.5 Å². The lowest BCUT2D eigenvalue weighted by Gasteiger charge is -2.40. The lowest BCUT2D eigenvalue weighted by Crippen LogP contribution is -2.52. The fourth-order valence-electron chi connectivity index (χ4n) is 2.79. The highest BCUT2D eigenvalue weighted by molar-refractivity contribution is 5.78. The highest BCUT2D eigenvalue weighted by Crippen LogP contribution is 2.37. The summed E-state index contributed by atoms with van der Waals surface area (Å²) in [4.78, 5) is 14.4. The van der Waals surface area contributed by atoms with E-state index in [2.05, 4.69) is 6.92 Å². The number of hydrogen-bond donors (Lipinski definition) is 1. The Morgan fingerprint density at radius 1 is 1.50 bits per heavy atom. The normalized spacial score (nSPS) is 23.3. The second kappa shape index (κ2) is 5.57. The van der Waals surface area contributed by atoms with Gasteiger partial charge in [-0.1, -0.05) is 0 Å². The molecule has 1 amide bonds. The zero-order valence-electron chi connectivity index (χ0n) is 11.7. The Hall–Kier alpha value is -0.610. The fraction of sp³-hybridized carbons (Fsp3) is 0.929. The van der Waals surface area contributed by atoms with E-state index in [0.29, 0.717) is 31.5 Å². The van der Waals surface area contributed by atoms with Crippen molar-refractivity contribution in [3.05, 3.63) is 0 Å². The smallest absolute Gasteiger partial charge is 0.224 e. The number of carbonyl (C=O) groups is 1. The first kappa shape index (κ1) is 13.8. The molecule has 0 radical (unpaired) electrons. The van der Waals surface area contributed by atoms with Gasteiger partial charge in [-0.05, 0) is 44.9 Å². The molecule has 2 aliphatic rings. The van der Waals surface area contributed by atoms with Gasteiger partial charge in [-0.15, -0.1) is 0 Å². The van der Waals surface area contributed by atoms with Crippen LogP contribution in [0.15, 0.2) is 0 Å². The summed E-state index contributed by atoms with van der Waals surface area (Å²) < 4.78 is 5.12. The number of amides is 1. The summed E-state index contributed by atoms with van der Waals surface area (Å²) in [5.74, 6) is 0.912.